The molecule has 1 N–H and O–H groups in total. The average Bonchev–Trinajstić information content (AvgIpc) is 2.64. The summed E-state index contributed by atoms with van der Waals surface area (Å²) in [6.07, 6.45) is -0.550. The van der Waals surface area contributed by atoms with Crippen LogP contribution in [0.3, 0.4) is 0 Å². The summed E-state index contributed by atoms with van der Waals surface area (Å²) >= 11 is 0. The van der Waals surface area contributed by atoms with E-state index in [1.165, 1.54) is 12.1 Å². The smallest absolute Gasteiger partial charge is 0.444 e. The van der Waals surface area contributed by atoms with Gasteiger partial charge in [0.25, 0.3) is 0 Å². The molecule has 1 fully saturated rings. The highest BCUT2D eigenvalue weighted by atomic mass is 19.1. The van der Waals surface area contributed by atoms with Gasteiger partial charge in [0.05, 0.1) is 17.2 Å². The molecule has 144 valence electrons. The molecule has 1 aliphatic rings. The zero-order valence-electron chi connectivity index (χ0n) is 16.9. The lowest BCUT2D eigenvalue weighted by atomic mass is 9.78. The van der Waals surface area contributed by atoms with E-state index in [0.29, 0.717) is 11.0 Å². The Hall–Kier alpha value is -1.60. The van der Waals surface area contributed by atoms with Gasteiger partial charge in [0.15, 0.2) is 0 Å². The van der Waals surface area contributed by atoms with E-state index in [4.69, 9.17) is 14.0 Å². The van der Waals surface area contributed by atoms with Crippen molar-refractivity contribution < 1.29 is 23.2 Å². The number of halogens is 1. The second-order valence-electron chi connectivity index (χ2n) is 8.77. The number of carbonyl (C=O) groups is 1. The SMILES string of the molecule is CC(NC(=O)OC(C)(C)C)c1cc(F)cc(B2OC(C)(C)C(C)(C)O2)c1. The number of rotatable bonds is 3. The van der Waals surface area contributed by atoms with E-state index in [1.807, 2.05) is 27.7 Å². The van der Waals surface area contributed by atoms with Crippen LogP contribution in [-0.4, -0.2) is 30.0 Å². The van der Waals surface area contributed by atoms with Gasteiger partial charge >= 0.3 is 13.2 Å². The van der Waals surface area contributed by atoms with Gasteiger partial charge in [-0.1, -0.05) is 6.07 Å². The Morgan fingerprint density at radius 1 is 1.15 bits per heavy atom. The van der Waals surface area contributed by atoms with Crippen LogP contribution in [0.5, 0.6) is 0 Å². The fourth-order valence-electron chi connectivity index (χ4n) is 2.57. The maximum atomic E-state index is 14.2. The van der Waals surface area contributed by atoms with E-state index < -0.39 is 41.9 Å². The van der Waals surface area contributed by atoms with E-state index in [-0.39, 0.29) is 0 Å². The van der Waals surface area contributed by atoms with Gasteiger partial charge in [-0.25, -0.2) is 9.18 Å². The van der Waals surface area contributed by atoms with E-state index in [9.17, 15) is 9.18 Å². The Bertz CT molecular complexity index is 669. The van der Waals surface area contributed by atoms with Crippen molar-refractivity contribution in [2.24, 2.45) is 0 Å². The zero-order chi connectivity index (χ0) is 19.9. The summed E-state index contributed by atoms with van der Waals surface area (Å²) in [5.41, 5.74) is -0.425. The molecule has 26 heavy (non-hydrogen) atoms. The summed E-state index contributed by atoms with van der Waals surface area (Å²) < 4.78 is 31.4. The molecule has 0 bridgehead atoms. The molecule has 0 saturated carbocycles. The van der Waals surface area contributed by atoms with Crippen molar-refractivity contribution in [2.45, 2.75) is 78.2 Å². The third-order valence-electron chi connectivity index (χ3n) is 4.70. The van der Waals surface area contributed by atoms with Gasteiger partial charge in [-0.05, 0) is 78.5 Å². The van der Waals surface area contributed by atoms with Gasteiger partial charge in [0.2, 0.25) is 0 Å². The van der Waals surface area contributed by atoms with Crippen molar-refractivity contribution in [3.8, 4) is 0 Å². The Kier molecular flexibility index (Phi) is 5.46. The summed E-state index contributed by atoms with van der Waals surface area (Å²) in [6.45, 7) is 14.9. The molecule has 0 aromatic heterocycles. The first-order valence-electron chi connectivity index (χ1n) is 8.86. The van der Waals surface area contributed by atoms with Crippen molar-refractivity contribution in [2.75, 3.05) is 0 Å². The van der Waals surface area contributed by atoms with E-state index >= 15 is 0 Å². The van der Waals surface area contributed by atoms with Crippen LogP contribution >= 0.6 is 0 Å². The molecule has 1 saturated heterocycles. The van der Waals surface area contributed by atoms with Crippen LogP contribution < -0.4 is 10.8 Å². The Labute approximate surface area is 155 Å². The van der Waals surface area contributed by atoms with Crippen LogP contribution in [0, 0.1) is 5.82 Å². The number of carbonyl (C=O) groups excluding carboxylic acids is 1. The summed E-state index contributed by atoms with van der Waals surface area (Å²) in [6, 6.07) is 4.14. The second kappa shape index (κ2) is 6.85. The van der Waals surface area contributed by atoms with Crippen molar-refractivity contribution in [3.05, 3.63) is 29.6 Å². The van der Waals surface area contributed by atoms with Gasteiger partial charge in [0.1, 0.15) is 11.4 Å². The number of hydrogen-bond acceptors (Lipinski definition) is 4. The second-order valence-corrected chi connectivity index (χ2v) is 8.77. The normalized spacial score (nSPS) is 20.0. The van der Waals surface area contributed by atoms with Crippen LogP contribution in [0.25, 0.3) is 0 Å². The van der Waals surface area contributed by atoms with Crippen molar-refractivity contribution in [3.63, 3.8) is 0 Å². The van der Waals surface area contributed by atoms with Crippen LogP contribution in [0.2, 0.25) is 0 Å². The minimum absolute atomic E-state index is 0.412. The Morgan fingerprint density at radius 2 is 1.69 bits per heavy atom. The largest absolute Gasteiger partial charge is 0.494 e. The standard InChI is InChI=1S/C19H29BFNO4/c1-12(22-16(23)24-17(2,3)4)13-9-14(11-15(21)10-13)20-25-18(5,6)19(7,8)26-20/h9-12H,1-8H3,(H,22,23). The molecule has 1 heterocycles. The van der Waals surface area contributed by atoms with Gasteiger partial charge < -0.3 is 19.4 Å². The molecule has 1 aromatic carbocycles. The third kappa shape index (κ3) is 4.77. The van der Waals surface area contributed by atoms with Gasteiger partial charge in [-0.3, -0.25) is 0 Å². The van der Waals surface area contributed by atoms with E-state index in [1.54, 1.807) is 33.8 Å². The predicted octanol–water partition coefficient (Wildman–Crippen LogP) is 3.71. The molecular formula is C19H29BFNO4. The highest BCUT2D eigenvalue weighted by Crippen LogP contribution is 2.36. The molecule has 1 atom stereocenters. The topological polar surface area (TPSA) is 56.8 Å². The van der Waals surface area contributed by atoms with Crippen LogP contribution in [-0.2, 0) is 14.0 Å². The average molecular weight is 365 g/mol. The number of ether oxygens (including phenoxy) is 1. The van der Waals surface area contributed by atoms with E-state index in [0.717, 1.165) is 0 Å². The lowest BCUT2D eigenvalue weighted by Crippen LogP contribution is -2.41. The third-order valence-corrected chi connectivity index (χ3v) is 4.70. The van der Waals surface area contributed by atoms with Crippen LogP contribution in [0.1, 0.15) is 67.0 Å². The summed E-state index contributed by atoms with van der Waals surface area (Å²) in [7, 11) is -0.664. The molecule has 2 rings (SSSR count). The Balaban J connectivity index is 2.19. The van der Waals surface area contributed by atoms with Crippen molar-refractivity contribution in [1.29, 1.82) is 0 Å². The fourth-order valence-corrected chi connectivity index (χ4v) is 2.57. The lowest BCUT2D eigenvalue weighted by Gasteiger charge is -2.32. The lowest BCUT2D eigenvalue weighted by molar-refractivity contribution is 0.00578. The number of benzene rings is 1. The predicted molar refractivity (Wildman–Crippen MR) is 99.9 cm³/mol. The summed E-state index contributed by atoms with van der Waals surface area (Å²) in [4.78, 5) is 12.0. The molecule has 1 amide bonds. The summed E-state index contributed by atoms with van der Waals surface area (Å²) in [5.74, 6) is -0.412. The quantitative estimate of drug-likeness (QED) is 0.830. The minimum Gasteiger partial charge on any atom is -0.444 e. The molecule has 0 radical (unpaired) electrons. The van der Waals surface area contributed by atoms with Crippen LogP contribution in [0.4, 0.5) is 9.18 Å². The zero-order valence-corrected chi connectivity index (χ0v) is 16.9. The molecule has 1 unspecified atom stereocenters. The number of nitrogens with one attached hydrogen (secondary N) is 1. The van der Waals surface area contributed by atoms with Gasteiger partial charge in [0, 0.05) is 0 Å². The molecule has 1 aromatic rings. The monoisotopic (exact) mass is 365 g/mol. The molecule has 7 heteroatoms. The van der Waals surface area contributed by atoms with Crippen LogP contribution in [0.15, 0.2) is 18.2 Å². The molecule has 0 aliphatic carbocycles. The molecule has 5 nitrogen and oxygen atoms in total. The van der Waals surface area contributed by atoms with E-state index in [2.05, 4.69) is 5.32 Å². The minimum atomic E-state index is -0.664. The maximum Gasteiger partial charge on any atom is 0.494 e. The maximum absolute atomic E-state index is 14.2. The fraction of sp³-hybridized carbons (Fsp3) is 0.632. The van der Waals surface area contributed by atoms with Crippen molar-refractivity contribution in [1.82, 2.24) is 5.32 Å². The van der Waals surface area contributed by atoms with Gasteiger partial charge in [-0.15, -0.1) is 0 Å². The summed E-state index contributed by atoms with van der Waals surface area (Å²) in [5, 5.41) is 2.72. The number of alkyl carbamates (subject to hydrolysis) is 1. The first-order valence-corrected chi connectivity index (χ1v) is 8.86. The first-order chi connectivity index (χ1) is 11.7. The Morgan fingerprint density at radius 3 is 2.19 bits per heavy atom. The molecule has 0 spiro atoms. The van der Waals surface area contributed by atoms with Crippen molar-refractivity contribution >= 4 is 18.7 Å². The first kappa shape index (κ1) is 20.7. The highest BCUT2D eigenvalue weighted by Gasteiger charge is 2.51. The highest BCUT2D eigenvalue weighted by molar-refractivity contribution is 6.62. The molecule has 1 aliphatic heterocycles. The number of hydrogen-bond donors (Lipinski definition) is 1. The van der Waals surface area contributed by atoms with Gasteiger partial charge in [-0.2, -0.15) is 0 Å². The number of amides is 1. The molecular weight excluding hydrogens is 336 g/mol.